The van der Waals surface area contributed by atoms with Gasteiger partial charge in [0.05, 0.1) is 10.5 Å². The fourth-order valence-corrected chi connectivity index (χ4v) is 4.23. The summed E-state index contributed by atoms with van der Waals surface area (Å²) in [5, 5.41) is 9.07. The van der Waals surface area contributed by atoms with E-state index in [4.69, 9.17) is 5.26 Å². The summed E-state index contributed by atoms with van der Waals surface area (Å²) in [5.41, 5.74) is 0.207. The van der Waals surface area contributed by atoms with Crippen LogP contribution in [0.25, 0.3) is 0 Å². The van der Waals surface area contributed by atoms with Gasteiger partial charge in [-0.2, -0.15) is 9.57 Å². The number of sulfonamides is 1. The van der Waals surface area contributed by atoms with Crippen molar-refractivity contribution in [3.8, 4) is 6.07 Å². The number of piperazine rings is 1. The third-order valence-corrected chi connectivity index (χ3v) is 5.68. The summed E-state index contributed by atoms with van der Waals surface area (Å²) in [7, 11) is -3.59. The smallest absolute Gasteiger partial charge is 0.244 e. The minimum atomic E-state index is -3.59. The fraction of sp³-hybridized carbons (Fsp3) is 0.500. The minimum absolute atomic E-state index is 0.111. The van der Waals surface area contributed by atoms with Gasteiger partial charge in [-0.1, -0.05) is 19.1 Å². The average Bonchev–Trinajstić information content (AvgIpc) is 2.47. The van der Waals surface area contributed by atoms with E-state index >= 15 is 0 Å². The van der Waals surface area contributed by atoms with Gasteiger partial charge in [-0.15, -0.1) is 0 Å². The van der Waals surface area contributed by atoms with E-state index in [0.29, 0.717) is 13.1 Å². The second-order valence-electron chi connectivity index (χ2n) is 4.95. The highest BCUT2D eigenvalue weighted by Gasteiger charge is 2.32. The molecule has 1 heterocycles. The van der Waals surface area contributed by atoms with E-state index < -0.39 is 10.0 Å². The monoisotopic (exact) mass is 293 g/mol. The summed E-state index contributed by atoms with van der Waals surface area (Å²) < 4.78 is 26.8. The molecule has 2 rings (SSSR count). The van der Waals surface area contributed by atoms with Crippen LogP contribution in [0.15, 0.2) is 29.2 Å². The van der Waals surface area contributed by atoms with Crippen molar-refractivity contribution in [2.75, 3.05) is 26.2 Å². The maximum atomic E-state index is 12.7. The largest absolute Gasteiger partial charge is 0.298 e. The highest BCUT2D eigenvalue weighted by Crippen LogP contribution is 2.22. The first kappa shape index (κ1) is 15.0. The molecule has 0 amide bonds. The molecule has 0 aliphatic carbocycles. The summed E-state index contributed by atoms with van der Waals surface area (Å²) >= 11 is 0. The molecule has 1 aliphatic rings. The zero-order valence-corrected chi connectivity index (χ0v) is 12.6. The van der Waals surface area contributed by atoms with Gasteiger partial charge >= 0.3 is 0 Å². The van der Waals surface area contributed by atoms with Crippen LogP contribution in [0.4, 0.5) is 0 Å². The summed E-state index contributed by atoms with van der Waals surface area (Å²) in [6, 6.07) is 8.52. The van der Waals surface area contributed by atoms with E-state index in [1.807, 2.05) is 13.0 Å². The number of hydrogen-bond acceptors (Lipinski definition) is 4. The molecule has 1 aromatic carbocycles. The van der Waals surface area contributed by atoms with Crippen molar-refractivity contribution in [1.82, 2.24) is 9.21 Å². The van der Waals surface area contributed by atoms with Crippen LogP contribution >= 0.6 is 0 Å². The third-order valence-electron chi connectivity index (χ3n) is 3.76. The van der Waals surface area contributed by atoms with Crippen LogP contribution in [-0.2, 0) is 10.0 Å². The van der Waals surface area contributed by atoms with Crippen molar-refractivity contribution in [1.29, 1.82) is 5.26 Å². The number of nitriles is 1. The van der Waals surface area contributed by atoms with Crippen molar-refractivity contribution >= 4 is 10.0 Å². The Morgan fingerprint density at radius 3 is 2.65 bits per heavy atom. The van der Waals surface area contributed by atoms with Crippen LogP contribution in [-0.4, -0.2) is 49.8 Å². The molecular formula is C14H19N3O2S. The number of hydrogen-bond donors (Lipinski definition) is 0. The van der Waals surface area contributed by atoms with Gasteiger partial charge < -0.3 is 0 Å². The molecule has 1 atom stereocenters. The SMILES string of the molecule is CCN1CCN(S(=O)(=O)c2ccccc2C#N)CC1C. The average molecular weight is 293 g/mol. The normalized spacial score (nSPS) is 21.6. The topological polar surface area (TPSA) is 64.4 Å². The van der Waals surface area contributed by atoms with Crippen LogP contribution in [0.3, 0.4) is 0 Å². The Bertz CT molecular complexity index is 622. The fourth-order valence-electron chi connectivity index (χ4n) is 2.57. The van der Waals surface area contributed by atoms with Gasteiger partial charge in [-0.05, 0) is 25.6 Å². The number of nitrogens with zero attached hydrogens (tertiary/aromatic N) is 3. The first-order valence-corrected chi connectivity index (χ1v) is 8.18. The van der Waals surface area contributed by atoms with Gasteiger partial charge in [-0.3, -0.25) is 4.90 Å². The van der Waals surface area contributed by atoms with E-state index in [-0.39, 0.29) is 16.5 Å². The second kappa shape index (κ2) is 5.92. The Morgan fingerprint density at radius 2 is 2.05 bits per heavy atom. The number of rotatable bonds is 3. The molecule has 5 nitrogen and oxygen atoms in total. The zero-order chi connectivity index (χ0) is 14.8. The lowest BCUT2D eigenvalue weighted by atomic mass is 10.2. The maximum Gasteiger partial charge on any atom is 0.244 e. The van der Waals surface area contributed by atoms with Gasteiger partial charge in [0.2, 0.25) is 10.0 Å². The molecule has 108 valence electrons. The predicted octanol–water partition coefficient (Wildman–Crippen LogP) is 1.27. The molecule has 1 aromatic rings. The van der Waals surface area contributed by atoms with Crippen molar-refractivity contribution in [2.45, 2.75) is 24.8 Å². The van der Waals surface area contributed by atoms with Gasteiger partial charge in [0.25, 0.3) is 0 Å². The Kier molecular flexibility index (Phi) is 4.43. The van der Waals surface area contributed by atoms with E-state index in [9.17, 15) is 8.42 Å². The highest BCUT2D eigenvalue weighted by molar-refractivity contribution is 7.89. The Morgan fingerprint density at radius 1 is 1.35 bits per heavy atom. The van der Waals surface area contributed by atoms with Gasteiger partial charge in [0.15, 0.2) is 0 Å². The number of likely N-dealkylation sites (N-methyl/N-ethyl adjacent to an activating group) is 1. The van der Waals surface area contributed by atoms with Gasteiger partial charge in [-0.25, -0.2) is 8.42 Å². The van der Waals surface area contributed by atoms with Crippen molar-refractivity contribution in [2.24, 2.45) is 0 Å². The molecule has 1 aliphatic heterocycles. The van der Waals surface area contributed by atoms with Crippen LogP contribution < -0.4 is 0 Å². The minimum Gasteiger partial charge on any atom is -0.298 e. The Balaban J connectivity index is 2.30. The second-order valence-corrected chi connectivity index (χ2v) is 6.85. The van der Waals surface area contributed by atoms with Crippen LogP contribution in [0.5, 0.6) is 0 Å². The molecule has 1 fully saturated rings. The molecule has 1 saturated heterocycles. The summed E-state index contributed by atoms with van der Waals surface area (Å²) in [6.07, 6.45) is 0. The van der Waals surface area contributed by atoms with E-state index in [1.54, 1.807) is 18.2 Å². The zero-order valence-electron chi connectivity index (χ0n) is 11.8. The van der Waals surface area contributed by atoms with E-state index in [0.717, 1.165) is 13.1 Å². The lowest BCUT2D eigenvalue weighted by Gasteiger charge is -2.38. The molecule has 0 bridgehead atoms. The molecular weight excluding hydrogens is 274 g/mol. The predicted molar refractivity (Wildman–Crippen MR) is 76.6 cm³/mol. The first-order valence-electron chi connectivity index (χ1n) is 6.74. The molecule has 1 unspecified atom stereocenters. The lowest BCUT2D eigenvalue weighted by molar-refractivity contribution is 0.135. The Labute approximate surface area is 120 Å². The number of benzene rings is 1. The van der Waals surface area contributed by atoms with E-state index in [2.05, 4.69) is 11.8 Å². The first-order chi connectivity index (χ1) is 9.50. The molecule has 0 spiro atoms. The Hall–Kier alpha value is -1.42. The standard InChI is InChI=1S/C14H19N3O2S/c1-3-16-8-9-17(11-12(16)2)20(18,19)14-7-5-4-6-13(14)10-15/h4-7,12H,3,8-9,11H2,1-2H3. The summed E-state index contributed by atoms with van der Waals surface area (Å²) in [5.74, 6) is 0. The van der Waals surface area contributed by atoms with Crippen molar-refractivity contribution in [3.05, 3.63) is 29.8 Å². The summed E-state index contributed by atoms with van der Waals surface area (Å²) in [4.78, 5) is 2.36. The van der Waals surface area contributed by atoms with Crippen molar-refractivity contribution in [3.63, 3.8) is 0 Å². The molecule has 20 heavy (non-hydrogen) atoms. The maximum absolute atomic E-state index is 12.7. The molecule has 0 saturated carbocycles. The highest BCUT2D eigenvalue weighted by atomic mass is 32.2. The lowest BCUT2D eigenvalue weighted by Crippen LogP contribution is -2.53. The van der Waals surface area contributed by atoms with E-state index in [1.165, 1.54) is 10.4 Å². The van der Waals surface area contributed by atoms with Crippen LogP contribution in [0.1, 0.15) is 19.4 Å². The summed E-state index contributed by atoms with van der Waals surface area (Å²) in [6.45, 7) is 6.69. The van der Waals surface area contributed by atoms with Crippen LogP contribution in [0, 0.1) is 11.3 Å². The van der Waals surface area contributed by atoms with Crippen LogP contribution in [0.2, 0.25) is 0 Å². The quantitative estimate of drug-likeness (QED) is 0.842. The molecule has 0 radical (unpaired) electrons. The molecule has 6 heteroatoms. The molecule has 0 aromatic heterocycles. The van der Waals surface area contributed by atoms with Gasteiger partial charge in [0, 0.05) is 25.7 Å². The molecule has 0 N–H and O–H groups in total. The van der Waals surface area contributed by atoms with Gasteiger partial charge in [0.1, 0.15) is 6.07 Å². The van der Waals surface area contributed by atoms with Crippen molar-refractivity contribution < 1.29 is 8.42 Å². The third kappa shape index (κ3) is 2.70.